The Morgan fingerprint density at radius 1 is 0.769 bits per heavy atom. The van der Waals surface area contributed by atoms with Gasteiger partial charge < -0.3 is 21.3 Å². The molecular formula is C15H21N5O6. The van der Waals surface area contributed by atoms with Crippen LogP contribution >= 0.6 is 0 Å². The Morgan fingerprint density at radius 2 is 1.19 bits per heavy atom. The molecule has 0 aromatic heterocycles. The molecule has 26 heavy (non-hydrogen) atoms. The van der Waals surface area contributed by atoms with Crippen LogP contribution in [0.1, 0.15) is 13.3 Å². The maximum Gasteiger partial charge on any atom is 0.253 e. The molecule has 11 nitrogen and oxygen atoms in total. The number of hydrogen-bond acceptors (Lipinski definition) is 6. The SMILES string of the molecule is CCNC(=O)CNC(=O)CNC(=O)CNC(=O)CCN1C(=O)C=CC1=O. The van der Waals surface area contributed by atoms with E-state index in [9.17, 15) is 28.8 Å². The second-order valence-electron chi connectivity index (χ2n) is 5.20. The quantitative estimate of drug-likeness (QED) is 0.298. The van der Waals surface area contributed by atoms with Gasteiger partial charge in [0.05, 0.1) is 19.6 Å². The van der Waals surface area contributed by atoms with Crippen LogP contribution in [0.3, 0.4) is 0 Å². The van der Waals surface area contributed by atoms with E-state index in [1.807, 2.05) is 0 Å². The molecule has 0 fully saturated rings. The molecule has 0 aromatic rings. The van der Waals surface area contributed by atoms with Crippen LogP contribution in [-0.2, 0) is 28.8 Å². The molecule has 142 valence electrons. The first-order valence-electron chi connectivity index (χ1n) is 7.93. The fourth-order valence-electron chi connectivity index (χ4n) is 1.87. The molecule has 0 radical (unpaired) electrons. The van der Waals surface area contributed by atoms with Gasteiger partial charge in [0.15, 0.2) is 0 Å². The number of carbonyl (C=O) groups excluding carboxylic acids is 6. The van der Waals surface area contributed by atoms with Gasteiger partial charge in [-0.3, -0.25) is 33.7 Å². The van der Waals surface area contributed by atoms with Crippen LogP contribution in [0.5, 0.6) is 0 Å². The van der Waals surface area contributed by atoms with Crippen molar-refractivity contribution in [1.29, 1.82) is 0 Å². The molecule has 1 aliphatic heterocycles. The Hall–Kier alpha value is -3.24. The first-order chi connectivity index (χ1) is 12.3. The summed E-state index contributed by atoms with van der Waals surface area (Å²) in [6.07, 6.45) is 2.09. The van der Waals surface area contributed by atoms with Crippen LogP contribution in [0.2, 0.25) is 0 Å². The number of hydrogen-bond donors (Lipinski definition) is 4. The molecule has 0 aliphatic carbocycles. The number of carbonyl (C=O) groups is 6. The fraction of sp³-hybridized carbons (Fsp3) is 0.467. The summed E-state index contributed by atoms with van der Waals surface area (Å²) in [5.41, 5.74) is 0. The summed E-state index contributed by atoms with van der Waals surface area (Å²) >= 11 is 0. The second-order valence-corrected chi connectivity index (χ2v) is 5.20. The van der Waals surface area contributed by atoms with Crippen LogP contribution in [-0.4, -0.2) is 73.1 Å². The number of nitrogens with zero attached hydrogens (tertiary/aromatic N) is 1. The fourth-order valence-corrected chi connectivity index (χ4v) is 1.87. The maximum atomic E-state index is 11.6. The van der Waals surface area contributed by atoms with E-state index in [2.05, 4.69) is 21.3 Å². The van der Waals surface area contributed by atoms with E-state index >= 15 is 0 Å². The molecule has 1 aliphatic rings. The highest BCUT2D eigenvalue weighted by atomic mass is 16.2. The Labute approximate surface area is 149 Å². The normalized spacial score (nSPS) is 12.7. The Morgan fingerprint density at radius 3 is 1.65 bits per heavy atom. The Bertz CT molecular complexity index is 612. The first kappa shape index (κ1) is 20.8. The number of amides is 6. The highest BCUT2D eigenvalue weighted by Gasteiger charge is 2.23. The van der Waals surface area contributed by atoms with Crippen LogP contribution in [0.15, 0.2) is 12.2 Å². The summed E-state index contributed by atoms with van der Waals surface area (Å²) < 4.78 is 0. The van der Waals surface area contributed by atoms with E-state index < -0.39 is 29.5 Å². The monoisotopic (exact) mass is 367 g/mol. The van der Waals surface area contributed by atoms with E-state index in [0.29, 0.717) is 6.54 Å². The van der Waals surface area contributed by atoms with Gasteiger partial charge in [-0.15, -0.1) is 0 Å². The van der Waals surface area contributed by atoms with Crippen molar-refractivity contribution >= 4 is 35.4 Å². The minimum absolute atomic E-state index is 0.0830. The van der Waals surface area contributed by atoms with Gasteiger partial charge in [-0.05, 0) is 6.92 Å². The van der Waals surface area contributed by atoms with Gasteiger partial charge in [0.25, 0.3) is 11.8 Å². The molecule has 0 bridgehead atoms. The summed E-state index contributed by atoms with van der Waals surface area (Å²) in [5.74, 6) is -2.98. The van der Waals surface area contributed by atoms with Gasteiger partial charge in [0.1, 0.15) is 0 Å². The summed E-state index contributed by atoms with van der Waals surface area (Å²) in [7, 11) is 0. The first-order valence-corrected chi connectivity index (χ1v) is 7.93. The molecule has 0 atom stereocenters. The van der Waals surface area contributed by atoms with E-state index in [0.717, 1.165) is 17.1 Å². The number of likely N-dealkylation sites (N-methyl/N-ethyl adjacent to an activating group) is 1. The Kier molecular flexibility index (Phi) is 8.47. The third-order valence-electron chi connectivity index (χ3n) is 3.18. The lowest BCUT2D eigenvalue weighted by Gasteiger charge is -2.13. The van der Waals surface area contributed by atoms with Crippen LogP contribution in [0.25, 0.3) is 0 Å². The largest absolute Gasteiger partial charge is 0.355 e. The summed E-state index contributed by atoms with van der Waals surface area (Å²) in [6.45, 7) is 1.22. The van der Waals surface area contributed by atoms with Gasteiger partial charge in [0.2, 0.25) is 23.6 Å². The lowest BCUT2D eigenvalue weighted by atomic mass is 10.3. The standard InChI is InChI=1S/C15H21N5O6/c1-2-16-11(22)7-18-13(24)9-19-12(23)8-17-10(21)5-6-20-14(25)3-4-15(20)26/h3-4H,2,5-9H2,1H3,(H,16,22)(H,17,21)(H,18,24)(H,19,23). The van der Waals surface area contributed by atoms with Crippen LogP contribution in [0, 0.1) is 0 Å². The molecule has 11 heteroatoms. The smallest absolute Gasteiger partial charge is 0.253 e. The van der Waals surface area contributed by atoms with E-state index in [-0.39, 0.29) is 38.5 Å². The third-order valence-corrected chi connectivity index (χ3v) is 3.18. The van der Waals surface area contributed by atoms with Gasteiger partial charge in [-0.2, -0.15) is 0 Å². The van der Waals surface area contributed by atoms with Gasteiger partial charge >= 0.3 is 0 Å². The van der Waals surface area contributed by atoms with Crippen molar-refractivity contribution in [3.8, 4) is 0 Å². The molecular weight excluding hydrogens is 346 g/mol. The minimum Gasteiger partial charge on any atom is -0.355 e. The van der Waals surface area contributed by atoms with Crippen LogP contribution in [0.4, 0.5) is 0 Å². The zero-order valence-electron chi connectivity index (χ0n) is 14.3. The molecule has 4 N–H and O–H groups in total. The molecule has 0 aromatic carbocycles. The maximum absolute atomic E-state index is 11.6. The van der Waals surface area contributed by atoms with E-state index in [1.165, 1.54) is 0 Å². The van der Waals surface area contributed by atoms with Crippen molar-refractivity contribution in [1.82, 2.24) is 26.2 Å². The van der Waals surface area contributed by atoms with Crippen LogP contribution < -0.4 is 21.3 Å². The molecule has 0 spiro atoms. The van der Waals surface area contributed by atoms with Crippen molar-refractivity contribution < 1.29 is 28.8 Å². The van der Waals surface area contributed by atoms with E-state index in [1.54, 1.807) is 6.92 Å². The summed E-state index contributed by atoms with van der Waals surface area (Å²) in [6, 6.07) is 0. The zero-order chi connectivity index (χ0) is 19.5. The molecule has 1 rings (SSSR count). The Balaban J connectivity index is 2.14. The van der Waals surface area contributed by atoms with Gasteiger partial charge in [-0.1, -0.05) is 0 Å². The average molecular weight is 367 g/mol. The second kappa shape index (κ2) is 10.6. The van der Waals surface area contributed by atoms with E-state index in [4.69, 9.17) is 0 Å². The molecule has 0 unspecified atom stereocenters. The molecule has 0 saturated carbocycles. The predicted octanol–water partition coefficient (Wildman–Crippen LogP) is -3.21. The van der Waals surface area contributed by atoms with Crippen molar-refractivity contribution in [2.75, 3.05) is 32.7 Å². The number of nitrogens with one attached hydrogen (secondary N) is 4. The molecule has 1 heterocycles. The summed E-state index contributed by atoms with van der Waals surface area (Å²) in [4.78, 5) is 69.3. The predicted molar refractivity (Wildman–Crippen MR) is 88.2 cm³/mol. The average Bonchev–Trinajstić information content (AvgIpc) is 2.92. The van der Waals surface area contributed by atoms with Crippen molar-refractivity contribution in [2.45, 2.75) is 13.3 Å². The summed E-state index contributed by atoms with van der Waals surface area (Å²) in [5, 5.41) is 9.41. The molecule has 0 saturated heterocycles. The van der Waals surface area contributed by atoms with Crippen molar-refractivity contribution in [3.05, 3.63) is 12.2 Å². The third kappa shape index (κ3) is 7.55. The van der Waals surface area contributed by atoms with Crippen molar-refractivity contribution in [3.63, 3.8) is 0 Å². The van der Waals surface area contributed by atoms with Gasteiger partial charge in [-0.25, -0.2) is 0 Å². The highest BCUT2D eigenvalue weighted by molar-refractivity contribution is 6.13. The number of imide groups is 1. The topological polar surface area (TPSA) is 154 Å². The number of rotatable bonds is 10. The van der Waals surface area contributed by atoms with Gasteiger partial charge in [0, 0.05) is 31.7 Å². The van der Waals surface area contributed by atoms with Crippen molar-refractivity contribution in [2.24, 2.45) is 0 Å². The zero-order valence-corrected chi connectivity index (χ0v) is 14.3. The molecule has 6 amide bonds. The highest BCUT2D eigenvalue weighted by Crippen LogP contribution is 2.03. The minimum atomic E-state index is -0.596. The lowest BCUT2D eigenvalue weighted by Crippen LogP contribution is -2.44. The lowest BCUT2D eigenvalue weighted by molar-refractivity contribution is -0.137.